The van der Waals surface area contributed by atoms with Crippen molar-refractivity contribution in [3.8, 4) is 0 Å². The lowest BCUT2D eigenvalue weighted by Crippen LogP contribution is -2.11. The minimum absolute atomic E-state index is 0.0894. The second kappa shape index (κ2) is 2.97. The molecule has 0 fully saturated rings. The minimum atomic E-state index is 0.0894. The summed E-state index contributed by atoms with van der Waals surface area (Å²) in [5, 5.41) is 0. The molecule has 13 heavy (non-hydrogen) atoms. The van der Waals surface area contributed by atoms with Gasteiger partial charge in [-0.3, -0.25) is 4.79 Å². The predicted octanol–water partition coefficient (Wildman–Crippen LogP) is 0.940. The van der Waals surface area contributed by atoms with Gasteiger partial charge in [0.1, 0.15) is 0 Å². The summed E-state index contributed by atoms with van der Waals surface area (Å²) in [5.74, 6) is 0.565. The normalized spacial score (nSPS) is 16.0. The number of aromatic nitrogens is 1. The second-order valence-electron chi connectivity index (χ2n) is 2.88. The van der Waals surface area contributed by atoms with Crippen LogP contribution in [-0.2, 0) is 4.79 Å². The Bertz CT molecular complexity index is 430. The number of rotatable bonds is 1. The van der Waals surface area contributed by atoms with Gasteiger partial charge >= 0.3 is 0 Å². The number of ketones is 1. The predicted molar refractivity (Wildman–Crippen MR) is 44.3 cm³/mol. The number of carbonyl (C=O) groups excluding carboxylic acids is 1. The van der Waals surface area contributed by atoms with Gasteiger partial charge in [0, 0.05) is 18.1 Å². The highest BCUT2D eigenvalue weighted by Gasteiger charge is 2.17. The molecule has 4 heteroatoms. The van der Waals surface area contributed by atoms with E-state index in [1.807, 2.05) is 0 Å². The first kappa shape index (κ1) is 7.91. The number of allylic oxidation sites excluding steroid dienone is 2. The Morgan fingerprint density at radius 1 is 1.38 bits per heavy atom. The van der Waals surface area contributed by atoms with Crippen LogP contribution < -0.4 is 4.60 Å². The second-order valence-corrected chi connectivity index (χ2v) is 2.88. The molecule has 66 valence electrons. The van der Waals surface area contributed by atoms with E-state index < -0.39 is 0 Å². The van der Waals surface area contributed by atoms with Crippen molar-refractivity contribution in [2.24, 2.45) is 0 Å². The van der Waals surface area contributed by atoms with E-state index in [0.29, 0.717) is 23.2 Å². The largest absolute Gasteiger partial charge is 0.295 e. The monoisotopic (exact) mass is 178 g/mol. The quantitative estimate of drug-likeness (QED) is 0.643. The van der Waals surface area contributed by atoms with E-state index in [1.165, 1.54) is 12.3 Å². The summed E-state index contributed by atoms with van der Waals surface area (Å²) in [5.41, 5.74) is 0.801. The van der Waals surface area contributed by atoms with Crippen molar-refractivity contribution in [1.82, 2.24) is 0 Å². The van der Waals surface area contributed by atoms with Gasteiger partial charge in [-0.1, -0.05) is 0 Å². The van der Waals surface area contributed by atoms with Crippen molar-refractivity contribution in [3.63, 3.8) is 0 Å². The zero-order chi connectivity index (χ0) is 9.26. The number of carbonyl (C=O) groups is 1. The molecule has 0 amide bonds. The molecule has 1 heterocycles. The van der Waals surface area contributed by atoms with Gasteiger partial charge in [-0.15, -0.1) is 0 Å². The molecule has 1 aromatic heterocycles. The third-order valence-corrected chi connectivity index (χ3v) is 1.94. The van der Waals surface area contributed by atoms with Crippen LogP contribution in [0, 0.1) is 4.91 Å². The van der Waals surface area contributed by atoms with E-state index >= 15 is 0 Å². The van der Waals surface area contributed by atoms with Gasteiger partial charge in [0.25, 0.3) is 10.8 Å². The first-order valence-electron chi connectivity index (χ1n) is 4.02. The Labute approximate surface area is 74.1 Å². The summed E-state index contributed by atoms with van der Waals surface area (Å²) >= 11 is 0. The van der Waals surface area contributed by atoms with Gasteiger partial charge in [0.15, 0.2) is 5.78 Å². The average molecular weight is 178 g/mol. The van der Waals surface area contributed by atoms with Crippen LogP contribution >= 0.6 is 0 Å². The molecule has 1 aliphatic carbocycles. The Kier molecular flexibility index (Phi) is 1.81. The summed E-state index contributed by atoms with van der Waals surface area (Å²) in [6.07, 6.45) is 3.96. The summed E-state index contributed by atoms with van der Waals surface area (Å²) in [6, 6.07) is 3.27. The summed E-state index contributed by atoms with van der Waals surface area (Å²) in [6.45, 7) is 0. The first-order chi connectivity index (χ1) is 6.25. The lowest BCUT2D eigenvalue weighted by atomic mass is 10.2. The van der Waals surface area contributed by atoms with E-state index in [0.717, 1.165) is 5.57 Å². The third kappa shape index (κ3) is 1.56. The van der Waals surface area contributed by atoms with Crippen molar-refractivity contribution in [2.75, 3.05) is 0 Å². The molecular weight excluding hydrogens is 170 g/mol. The molecule has 0 bridgehead atoms. The summed E-state index contributed by atoms with van der Waals surface area (Å²) in [4.78, 5) is 21.7. The van der Waals surface area contributed by atoms with Crippen LogP contribution in [0.3, 0.4) is 0 Å². The fourth-order valence-electron chi connectivity index (χ4n) is 1.32. The molecule has 0 aromatic carbocycles. The van der Waals surface area contributed by atoms with Gasteiger partial charge in [-0.2, -0.15) is 4.52 Å². The molecule has 4 nitrogen and oxygen atoms in total. The zero-order valence-electron chi connectivity index (χ0n) is 6.90. The van der Waals surface area contributed by atoms with Crippen molar-refractivity contribution in [2.45, 2.75) is 12.8 Å². The van der Waals surface area contributed by atoms with Gasteiger partial charge in [-0.25, -0.2) is 0 Å². The van der Waals surface area contributed by atoms with Crippen molar-refractivity contribution in [1.29, 1.82) is 0 Å². The SMILES string of the molecule is O=C1C=C(c2ccc[n+](=O)o2)CC1. The molecule has 0 unspecified atom stereocenters. The van der Waals surface area contributed by atoms with Gasteiger partial charge in [-0.05, 0) is 18.6 Å². The van der Waals surface area contributed by atoms with Crippen LogP contribution in [0.1, 0.15) is 18.6 Å². The molecule has 0 spiro atoms. The fraction of sp³-hybridized carbons (Fsp3) is 0.222. The maximum absolute atomic E-state index is 10.9. The summed E-state index contributed by atoms with van der Waals surface area (Å²) < 4.78 is 5.22. The molecule has 2 rings (SSSR count). The van der Waals surface area contributed by atoms with Crippen LogP contribution in [0.2, 0.25) is 0 Å². The number of hydrogen-bond acceptors (Lipinski definition) is 3. The Morgan fingerprint density at radius 2 is 2.23 bits per heavy atom. The van der Waals surface area contributed by atoms with Gasteiger partial charge in [0.05, 0.1) is 4.91 Å². The van der Waals surface area contributed by atoms with Gasteiger partial charge in [0.2, 0.25) is 5.76 Å². The lowest BCUT2D eigenvalue weighted by Gasteiger charge is -1.90. The molecule has 1 aromatic rings. The van der Waals surface area contributed by atoms with E-state index in [9.17, 15) is 9.70 Å². The molecule has 0 radical (unpaired) electrons. The van der Waals surface area contributed by atoms with Crippen LogP contribution in [0.4, 0.5) is 0 Å². The highest BCUT2D eigenvalue weighted by Crippen LogP contribution is 2.24. The number of nitrogens with zero attached hydrogens (tertiary/aromatic N) is 1. The highest BCUT2D eigenvalue weighted by atomic mass is 16.6. The minimum Gasteiger partial charge on any atom is -0.295 e. The van der Waals surface area contributed by atoms with Gasteiger partial charge < -0.3 is 0 Å². The first-order valence-corrected chi connectivity index (χ1v) is 4.02. The highest BCUT2D eigenvalue weighted by molar-refractivity contribution is 6.00. The van der Waals surface area contributed by atoms with Crippen molar-refractivity contribution in [3.05, 3.63) is 35.1 Å². The lowest BCUT2D eigenvalue weighted by molar-refractivity contribution is -0.708. The molecule has 0 saturated carbocycles. The molecule has 0 aliphatic heterocycles. The van der Waals surface area contributed by atoms with Crippen LogP contribution in [0.5, 0.6) is 0 Å². The van der Waals surface area contributed by atoms with Crippen LogP contribution in [-0.4, -0.2) is 5.78 Å². The summed E-state index contributed by atoms with van der Waals surface area (Å²) in [7, 11) is 0. The smallest absolute Gasteiger partial charge is 0.282 e. The van der Waals surface area contributed by atoms with Crippen molar-refractivity contribution >= 4 is 11.4 Å². The molecule has 0 atom stereocenters. The zero-order valence-corrected chi connectivity index (χ0v) is 6.90. The van der Waals surface area contributed by atoms with E-state index in [2.05, 4.69) is 0 Å². The maximum atomic E-state index is 10.9. The maximum Gasteiger partial charge on any atom is 0.282 e. The molecule has 0 N–H and O–H groups in total. The van der Waals surface area contributed by atoms with E-state index in [1.54, 1.807) is 12.1 Å². The van der Waals surface area contributed by atoms with Crippen LogP contribution in [0.25, 0.3) is 5.57 Å². The molecular formula is C9H8NO3+. The Morgan fingerprint density at radius 3 is 2.85 bits per heavy atom. The standard InChI is InChI=1S/C9H8NO3/c11-8-4-3-7(6-8)9-2-1-5-10(12)13-9/h1-2,5-6H,3-4H2/q+1. The van der Waals surface area contributed by atoms with E-state index in [4.69, 9.17) is 4.52 Å². The number of hydrogen-bond donors (Lipinski definition) is 0. The van der Waals surface area contributed by atoms with Crippen LogP contribution in [0.15, 0.2) is 28.9 Å². The average Bonchev–Trinajstić information content (AvgIpc) is 2.52. The topological polar surface area (TPSA) is 53.2 Å². The van der Waals surface area contributed by atoms with E-state index in [-0.39, 0.29) is 5.78 Å². The Balaban J connectivity index is 2.42. The third-order valence-electron chi connectivity index (χ3n) is 1.94. The molecule has 1 aliphatic rings. The van der Waals surface area contributed by atoms with Crippen molar-refractivity contribution < 1.29 is 13.9 Å². The fourth-order valence-corrected chi connectivity index (χ4v) is 1.32. The molecule has 0 saturated heterocycles. The Hall–Kier alpha value is -1.71.